The van der Waals surface area contributed by atoms with Crippen LogP contribution in [0.1, 0.15) is 121 Å². The number of Topliss-reactive ketones (excluding diaryl/α,β-unsaturated/α-hetero) is 1. The second-order valence-corrected chi connectivity index (χ2v) is 21.2. The number of hydrogen-bond acceptors (Lipinski definition) is 14. The van der Waals surface area contributed by atoms with Gasteiger partial charge < -0.3 is 54.0 Å². The fourth-order valence-corrected chi connectivity index (χ4v) is 8.99. The number of nitrogens with one attached hydrogen (secondary N) is 3. The van der Waals surface area contributed by atoms with E-state index in [0.717, 1.165) is 77.5 Å². The molecule has 3 amide bonds. The van der Waals surface area contributed by atoms with Crippen LogP contribution in [0, 0.1) is 13.8 Å². The quantitative estimate of drug-likeness (QED) is 0.0652. The summed E-state index contributed by atoms with van der Waals surface area (Å²) in [6, 6.07) is 11.8. The number of ether oxygens (including phenoxy) is 7. The Kier molecular flexibility index (Phi) is 31.0. The summed E-state index contributed by atoms with van der Waals surface area (Å²) in [5.74, 6) is 1.43. The third-order valence-electron chi connectivity index (χ3n) is 12.6. The highest BCUT2D eigenvalue weighted by molar-refractivity contribution is 7.82. The zero-order chi connectivity index (χ0) is 54.2. The van der Waals surface area contributed by atoms with Gasteiger partial charge in [0.15, 0.2) is 5.78 Å². The largest absolute Gasteiger partial charge is 0.497 e. The summed E-state index contributed by atoms with van der Waals surface area (Å²) in [5, 5.41) is 9.17. The number of hydrogen-bond donors (Lipinski definition) is 3. The monoisotopic (exact) mass is 1060 g/mol. The fraction of sp³-hybridized carbons (Fsp3) is 0.691. The first-order valence-electron chi connectivity index (χ1n) is 26.5. The van der Waals surface area contributed by atoms with Crippen LogP contribution < -0.4 is 20.7 Å². The summed E-state index contributed by atoms with van der Waals surface area (Å²) in [6.07, 6.45) is 7.00. The van der Waals surface area contributed by atoms with Crippen LogP contribution in [0.4, 0.5) is 0 Å². The molecule has 0 saturated heterocycles. The molecular weight excluding hydrogens is 969 g/mol. The molecule has 0 aliphatic carbocycles. The average molecular weight is 1060 g/mol. The lowest BCUT2D eigenvalue weighted by molar-refractivity contribution is -0.142. The molecule has 418 valence electrons. The Morgan fingerprint density at radius 1 is 0.716 bits per heavy atom. The van der Waals surface area contributed by atoms with Crippen LogP contribution in [0.5, 0.6) is 5.75 Å². The molecule has 2 aromatic carbocycles. The fourth-order valence-electron chi connectivity index (χ4n) is 7.77. The standard InChI is InChI=1S/C55H90N6O12S/c1-43-39-47(67-8)40-44(2)52(43)74(66)60(7)30-34-72-42-51(65)61(41-45-20-22-46(23-21-45)53-58-27-28-59-53)29-16-32-70-36-38-71-37-35-69-31-15-26-57-49(63)18-12-10-11-13-25-56-50(64)19-14-17-48(62)55(5,6)73-33-24-54(3,4)68-9/h20-23,39-40H,10-19,24-38,41-42H2,1-9H3,(H,56,64)(H,57,63)(H,58,59). The number of likely N-dealkylation sites (N-methyl/N-ethyl adjacent to an activating group) is 1. The third-order valence-corrected chi connectivity index (χ3v) is 14.4. The summed E-state index contributed by atoms with van der Waals surface area (Å²) in [4.78, 5) is 57.7. The van der Waals surface area contributed by atoms with Crippen LogP contribution in [0.25, 0.3) is 0 Å². The lowest BCUT2D eigenvalue weighted by atomic mass is 9.98. The third kappa shape index (κ3) is 25.9. The zero-order valence-electron chi connectivity index (χ0n) is 46.2. The number of aliphatic imine (C=N–C) groups is 1. The Morgan fingerprint density at radius 2 is 1.32 bits per heavy atom. The number of aryl methyl sites for hydroxylation is 2. The van der Waals surface area contributed by atoms with E-state index >= 15 is 0 Å². The molecule has 74 heavy (non-hydrogen) atoms. The molecule has 3 rings (SSSR count). The van der Waals surface area contributed by atoms with Gasteiger partial charge in [0, 0.05) is 91.5 Å². The molecule has 0 saturated carbocycles. The Balaban J connectivity index is 1.18. The predicted octanol–water partition coefficient (Wildman–Crippen LogP) is 6.02. The Morgan fingerprint density at radius 3 is 1.95 bits per heavy atom. The molecule has 2 aromatic rings. The Bertz CT molecular complexity index is 2010. The number of benzene rings is 2. The van der Waals surface area contributed by atoms with E-state index in [2.05, 4.69) is 20.9 Å². The van der Waals surface area contributed by atoms with Gasteiger partial charge in [-0.3, -0.25) is 24.2 Å². The summed E-state index contributed by atoms with van der Waals surface area (Å²) in [7, 11) is 3.65. The number of carbonyl (C=O) groups is 4. The van der Waals surface area contributed by atoms with Crippen molar-refractivity contribution in [3.63, 3.8) is 0 Å². The average Bonchev–Trinajstić information content (AvgIpc) is 3.92. The second-order valence-electron chi connectivity index (χ2n) is 19.7. The van der Waals surface area contributed by atoms with Gasteiger partial charge in [0.2, 0.25) is 17.7 Å². The van der Waals surface area contributed by atoms with Crippen molar-refractivity contribution in [1.82, 2.24) is 25.2 Å². The molecule has 3 N–H and O–H groups in total. The van der Waals surface area contributed by atoms with Crippen molar-refractivity contribution >= 4 is 40.3 Å². The van der Waals surface area contributed by atoms with Gasteiger partial charge in [-0.15, -0.1) is 0 Å². The molecular formula is C55H90N6O12S. The highest BCUT2D eigenvalue weighted by Crippen LogP contribution is 2.26. The van der Waals surface area contributed by atoms with E-state index in [-0.39, 0.29) is 42.3 Å². The van der Waals surface area contributed by atoms with E-state index in [0.29, 0.717) is 124 Å². The smallest absolute Gasteiger partial charge is 0.248 e. The van der Waals surface area contributed by atoms with Gasteiger partial charge in [-0.1, -0.05) is 37.1 Å². The summed E-state index contributed by atoms with van der Waals surface area (Å²) in [5.41, 5.74) is 2.57. The number of amidine groups is 1. The normalized spacial score (nSPS) is 13.1. The maximum absolute atomic E-state index is 13.5. The van der Waals surface area contributed by atoms with Crippen molar-refractivity contribution < 1.29 is 56.5 Å². The van der Waals surface area contributed by atoms with Gasteiger partial charge in [-0.05, 0) is 109 Å². The molecule has 18 nitrogen and oxygen atoms in total. The maximum Gasteiger partial charge on any atom is 0.248 e. The van der Waals surface area contributed by atoms with E-state index in [1.807, 2.05) is 64.1 Å². The lowest BCUT2D eigenvalue weighted by Gasteiger charge is -2.28. The van der Waals surface area contributed by atoms with E-state index in [4.69, 9.17) is 33.2 Å². The number of methoxy groups -OCH3 is 2. The van der Waals surface area contributed by atoms with Gasteiger partial charge in [0.25, 0.3) is 0 Å². The highest BCUT2D eigenvalue weighted by Gasteiger charge is 2.29. The van der Waals surface area contributed by atoms with Crippen LogP contribution >= 0.6 is 0 Å². The topological polar surface area (TPSA) is 205 Å². The van der Waals surface area contributed by atoms with Crippen molar-refractivity contribution in [2.75, 3.05) is 120 Å². The first-order chi connectivity index (χ1) is 35.5. The molecule has 1 unspecified atom stereocenters. The molecule has 0 radical (unpaired) electrons. The lowest BCUT2D eigenvalue weighted by Crippen LogP contribution is -2.37. The highest BCUT2D eigenvalue weighted by atomic mass is 32.2. The van der Waals surface area contributed by atoms with Crippen molar-refractivity contribution in [3.05, 3.63) is 58.7 Å². The Labute approximate surface area is 444 Å². The number of unbranched alkanes of at least 4 members (excludes halogenated alkanes) is 3. The van der Waals surface area contributed by atoms with E-state index in [1.54, 1.807) is 44.3 Å². The van der Waals surface area contributed by atoms with Crippen LogP contribution in [0.3, 0.4) is 0 Å². The predicted molar refractivity (Wildman–Crippen MR) is 289 cm³/mol. The molecule has 19 heteroatoms. The first kappa shape index (κ1) is 63.9. The molecule has 1 aliphatic rings. The zero-order valence-corrected chi connectivity index (χ0v) is 47.0. The van der Waals surface area contributed by atoms with E-state index < -0.39 is 16.6 Å². The number of carbonyl (C=O) groups excluding carboxylic acids is 4. The molecule has 0 aromatic heterocycles. The number of nitrogens with zero attached hydrogens (tertiary/aromatic N) is 3. The molecule has 0 fully saturated rings. The first-order valence-corrected chi connectivity index (χ1v) is 27.6. The number of rotatable bonds is 42. The van der Waals surface area contributed by atoms with Crippen molar-refractivity contribution in [1.29, 1.82) is 0 Å². The van der Waals surface area contributed by atoms with Crippen LogP contribution in [0.2, 0.25) is 0 Å². The number of ketones is 1. The molecule has 0 spiro atoms. The number of amides is 3. The molecule has 1 atom stereocenters. The summed E-state index contributed by atoms with van der Waals surface area (Å²) >= 11 is 0. The van der Waals surface area contributed by atoms with Crippen molar-refractivity contribution in [3.8, 4) is 5.75 Å². The van der Waals surface area contributed by atoms with Gasteiger partial charge >= 0.3 is 0 Å². The molecule has 0 bridgehead atoms. The van der Waals surface area contributed by atoms with Gasteiger partial charge in [0.05, 0.1) is 63.8 Å². The summed E-state index contributed by atoms with van der Waals surface area (Å²) < 4.78 is 54.7. The van der Waals surface area contributed by atoms with Crippen LogP contribution in [0.15, 0.2) is 46.3 Å². The second kappa shape index (κ2) is 35.8. The van der Waals surface area contributed by atoms with Crippen LogP contribution in [-0.2, 0) is 65.1 Å². The Hall–Kier alpha value is -4.34. The van der Waals surface area contributed by atoms with Crippen molar-refractivity contribution in [2.24, 2.45) is 4.99 Å². The molecule has 1 aliphatic heterocycles. The van der Waals surface area contributed by atoms with Gasteiger partial charge in [0.1, 0.15) is 34.8 Å². The van der Waals surface area contributed by atoms with Gasteiger partial charge in [-0.25, -0.2) is 8.51 Å². The minimum absolute atomic E-state index is 0.0135. The maximum atomic E-state index is 13.5. The van der Waals surface area contributed by atoms with E-state index in [9.17, 15) is 23.4 Å². The SMILES string of the molecule is COc1cc(C)c(S(=O)N(C)CCOCC(=O)N(CCCOCCOCCOCCCNC(=O)CCCCCCNC(=O)CCCC(=O)C(C)(C)OCCC(C)(C)OC)Cc2ccc(C3=NCCN3)cc2)c(C)c1. The summed E-state index contributed by atoms with van der Waals surface area (Å²) in [6.45, 7) is 18.6. The minimum atomic E-state index is -1.40. The van der Waals surface area contributed by atoms with Crippen LogP contribution in [-0.4, -0.2) is 174 Å². The van der Waals surface area contributed by atoms with Crippen molar-refractivity contribution in [2.45, 2.75) is 135 Å². The van der Waals surface area contributed by atoms with Gasteiger partial charge in [-0.2, -0.15) is 0 Å². The molecule has 1 heterocycles. The minimum Gasteiger partial charge on any atom is -0.497 e. The van der Waals surface area contributed by atoms with E-state index in [1.165, 1.54) is 0 Å².